The van der Waals surface area contributed by atoms with Crippen molar-refractivity contribution in [1.29, 1.82) is 0 Å². The van der Waals surface area contributed by atoms with Crippen molar-refractivity contribution >= 4 is 30.8 Å². The highest BCUT2D eigenvalue weighted by atomic mass is 33.1. The standard InChI is InChI=1S/C17H24N2O5S2/c1-23-16-13-17(19-15-8-4-3-7-14(15)16)24-11-6-2-5-9-18-10-12-25-26(20,21)22/h3-4,7-8,13,18H,2,5-6,9-12H2,1H3,(H,20,21,22). The molecule has 0 saturated heterocycles. The zero-order chi connectivity index (χ0) is 18.8. The number of benzene rings is 1. The molecule has 0 aliphatic heterocycles. The van der Waals surface area contributed by atoms with Gasteiger partial charge in [-0.2, -0.15) is 8.42 Å². The van der Waals surface area contributed by atoms with Gasteiger partial charge in [0.2, 0.25) is 5.88 Å². The molecule has 1 aromatic carbocycles. The molecule has 2 rings (SSSR count). The third kappa shape index (κ3) is 7.36. The second kappa shape index (κ2) is 10.6. The summed E-state index contributed by atoms with van der Waals surface area (Å²) in [5, 5.41) is 4.09. The van der Waals surface area contributed by atoms with Gasteiger partial charge < -0.3 is 14.8 Å². The van der Waals surface area contributed by atoms with Crippen LogP contribution in [-0.2, 0) is 9.15 Å². The Bertz CT molecular complexity index is 799. The molecule has 7 nitrogen and oxygen atoms in total. The molecule has 0 bridgehead atoms. The van der Waals surface area contributed by atoms with E-state index in [0.29, 0.717) is 35.6 Å². The van der Waals surface area contributed by atoms with Gasteiger partial charge in [0.15, 0.2) is 0 Å². The highest BCUT2D eigenvalue weighted by Crippen LogP contribution is 2.28. The van der Waals surface area contributed by atoms with Gasteiger partial charge in [-0.05, 0) is 48.7 Å². The summed E-state index contributed by atoms with van der Waals surface area (Å²) in [7, 11) is -1.76. The van der Waals surface area contributed by atoms with E-state index in [2.05, 4.69) is 10.3 Å². The molecule has 9 heteroatoms. The van der Waals surface area contributed by atoms with Crippen molar-refractivity contribution in [3.63, 3.8) is 0 Å². The van der Waals surface area contributed by atoms with Crippen LogP contribution in [0, 0.1) is 0 Å². The van der Waals surface area contributed by atoms with E-state index in [1.165, 1.54) is 0 Å². The first kappa shape index (κ1) is 20.8. The number of nitrogens with one attached hydrogen (secondary N) is 1. The summed E-state index contributed by atoms with van der Waals surface area (Å²) >= 11 is 0. The van der Waals surface area contributed by atoms with Gasteiger partial charge in [-0.15, -0.1) is 0 Å². The normalized spacial score (nSPS) is 11.6. The molecule has 0 spiro atoms. The summed E-state index contributed by atoms with van der Waals surface area (Å²) in [6.45, 7) is 1.92. The number of pyridine rings is 1. The van der Waals surface area contributed by atoms with Crippen LogP contribution in [0.15, 0.2) is 30.3 Å². The number of unbranched alkanes of at least 4 members (excludes halogenated alkanes) is 2. The van der Waals surface area contributed by atoms with Gasteiger partial charge in [0, 0.05) is 23.8 Å². The number of rotatable bonds is 12. The van der Waals surface area contributed by atoms with Gasteiger partial charge in [-0.3, -0.25) is 4.55 Å². The Kier molecular flexibility index (Phi) is 8.43. The summed E-state index contributed by atoms with van der Waals surface area (Å²) in [4.78, 5) is 4.48. The predicted octanol–water partition coefficient (Wildman–Crippen LogP) is 2.92. The first-order chi connectivity index (χ1) is 12.5. The van der Waals surface area contributed by atoms with Crippen LogP contribution in [-0.4, -0.2) is 50.5 Å². The Balaban J connectivity index is 1.62. The lowest BCUT2D eigenvalue weighted by molar-refractivity contribution is 0.293. The smallest absolute Gasteiger partial charge is 0.319 e. The van der Waals surface area contributed by atoms with Crippen molar-refractivity contribution in [1.82, 2.24) is 10.3 Å². The van der Waals surface area contributed by atoms with E-state index in [4.69, 9.17) is 14.0 Å². The first-order valence-electron chi connectivity index (χ1n) is 8.39. The number of aromatic nitrogens is 1. The molecule has 0 atom stereocenters. The van der Waals surface area contributed by atoms with E-state index in [9.17, 15) is 8.42 Å². The minimum atomic E-state index is -3.93. The summed E-state index contributed by atoms with van der Waals surface area (Å²) in [5.74, 6) is 1.63. The second-order valence-electron chi connectivity index (χ2n) is 5.59. The van der Waals surface area contributed by atoms with E-state index in [1.807, 2.05) is 24.3 Å². The SMILES string of the molecule is COc1cc(OCCCCCNCCSS(=O)(=O)O)nc2ccccc12. The van der Waals surface area contributed by atoms with Crippen LogP contribution in [0.5, 0.6) is 11.6 Å². The van der Waals surface area contributed by atoms with E-state index in [1.54, 1.807) is 13.2 Å². The number of nitrogens with zero attached hydrogens (tertiary/aromatic N) is 1. The number of para-hydroxylation sites is 1. The molecule has 0 aliphatic rings. The maximum Gasteiger partial charge on any atom is 0.319 e. The molecular formula is C17H24N2O5S2. The van der Waals surface area contributed by atoms with Gasteiger partial charge in [-0.1, -0.05) is 12.1 Å². The van der Waals surface area contributed by atoms with Crippen LogP contribution in [0.3, 0.4) is 0 Å². The van der Waals surface area contributed by atoms with E-state index in [-0.39, 0.29) is 0 Å². The lowest BCUT2D eigenvalue weighted by Gasteiger charge is -2.10. The van der Waals surface area contributed by atoms with Crippen molar-refractivity contribution < 1.29 is 22.4 Å². The maximum absolute atomic E-state index is 10.5. The van der Waals surface area contributed by atoms with Crippen LogP contribution in [0.25, 0.3) is 10.9 Å². The summed E-state index contributed by atoms with van der Waals surface area (Å²) in [5.41, 5.74) is 0.841. The molecule has 1 heterocycles. The van der Waals surface area contributed by atoms with Crippen LogP contribution in [0.4, 0.5) is 0 Å². The van der Waals surface area contributed by atoms with Crippen molar-refractivity contribution in [3.05, 3.63) is 30.3 Å². The van der Waals surface area contributed by atoms with Crippen LogP contribution < -0.4 is 14.8 Å². The van der Waals surface area contributed by atoms with Crippen LogP contribution >= 0.6 is 10.8 Å². The number of hydrogen-bond acceptors (Lipinski definition) is 7. The minimum absolute atomic E-state index is 0.331. The fourth-order valence-corrected chi connectivity index (χ4v) is 3.73. The van der Waals surface area contributed by atoms with E-state index >= 15 is 0 Å². The third-order valence-electron chi connectivity index (χ3n) is 3.63. The van der Waals surface area contributed by atoms with Gasteiger partial charge >= 0.3 is 9.15 Å². The van der Waals surface area contributed by atoms with Crippen molar-refractivity contribution in [3.8, 4) is 11.6 Å². The largest absolute Gasteiger partial charge is 0.496 e. The van der Waals surface area contributed by atoms with Gasteiger partial charge in [0.25, 0.3) is 0 Å². The molecule has 0 aliphatic carbocycles. The Morgan fingerprint density at radius 2 is 2.00 bits per heavy atom. The van der Waals surface area contributed by atoms with Crippen molar-refractivity contribution in [2.24, 2.45) is 0 Å². The summed E-state index contributed by atoms with van der Waals surface area (Å²) in [6, 6.07) is 9.57. The number of methoxy groups -OCH3 is 1. The topological polar surface area (TPSA) is 97.8 Å². The lowest BCUT2D eigenvalue weighted by atomic mass is 10.2. The third-order valence-corrected chi connectivity index (χ3v) is 5.70. The number of fused-ring (bicyclic) bond motifs is 1. The zero-order valence-corrected chi connectivity index (χ0v) is 16.3. The zero-order valence-electron chi connectivity index (χ0n) is 14.7. The molecular weight excluding hydrogens is 376 g/mol. The second-order valence-corrected chi connectivity index (χ2v) is 9.06. The molecule has 1 aromatic heterocycles. The Morgan fingerprint density at radius 3 is 2.77 bits per heavy atom. The van der Waals surface area contributed by atoms with Crippen LogP contribution in [0.2, 0.25) is 0 Å². The molecule has 144 valence electrons. The monoisotopic (exact) mass is 400 g/mol. The highest BCUT2D eigenvalue weighted by molar-refractivity contribution is 8.69. The highest BCUT2D eigenvalue weighted by Gasteiger charge is 2.06. The van der Waals surface area contributed by atoms with Crippen LogP contribution in [0.1, 0.15) is 19.3 Å². The van der Waals surface area contributed by atoms with Crippen molar-refractivity contribution in [2.75, 3.05) is 32.6 Å². The average Bonchev–Trinajstić information content (AvgIpc) is 2.61. The maximum atomic E-state index is 10.5. The average molecular weight is 401 g/mol. The lowest BCUT2D eigenvalue weighted by Crippen LogP contribution is -2.19. The number of hydrogen-bond donors (Lipinski definition) is 2. The number of ether oxygens (including phenoxy) is 2. The molecule has 0 radical (unpaired) electrons. The fraction of sp³-hybridized carbons (Fsp3) is 0.471. The molecule has 2 aromatic rings. The Morgan fingerprint density at radius 1 is 1.19 bits per heavy atom. The molecule has 0 fully saturated rings. The summed E-state index contributed by atoms with van der Waals surface area (Å²) < 4.78 is 40.8. The Labute approximate surface area is 157 Å². The first-order valence-corrected chi connectivity index (χ1v) is 11.3. The van der Waals surface area contributed by atoms with E-state index < -0.39 is 9.15 Å². The molecule has 2 N–H and O–H groups in total. The van der Waals surface area contributed by atoms with Gasteiger partial charge in [0.1, 0.15) is 5.75 Å². The molecule has 0 amide bonds. The Hall–Kier alpha value is -1.55. The van der Waals surface area contributed by atoms with Crippen molar-refractivity contribution in [2.45, 2.75) is 19.3 Å². The molecule has 26 heavy (non-hydrogen) atoms. The minimum Gasteiger partial charge on any atom is -0.496 e. The predicted molar refractivity (Wildman–Crippen MR) is 105 cm³/mol. The van der Waals surface area contributed by atoms with Gasteiger partial charge in [0.05, 0.1) is 19.2 Å². The van der Waals surface area contributed by atoms with E-state index in [0.717, 1.165) is 42.5 Å². The molecule has 0 unspecified atom stereocenters. The van der Waals surface area contributed by atoms with Gasteiger partial charge in [-0.25, -0.2) is 4.98 Å². The quantitative estimate of drug-likeness (QED) is 0.319. The fourth-order valence-electron chi connectivity index (χ4n) is 2.41. The summed E-state index contributed by atoms with van der Waals surface area (Å²) in [6.07, 6.45) is 2.86. The molecule has 0 saturated carbocycles.